The van der Waals surface area contributed by atoms with Crippen LogP contribution >= 0.6 is 0 Å². The molecule has 0 amide bonds. The third-order valence-electron chi connectivity index (χ3n) is 5.58. The molecule has 26 heavy (non-hydrogen) atoms. The second-order valence-electron chi connectivity index (χ2n) is 7.93. The van der Waals surface area contributed by atoms with E-state index in [2.05, 4.69) is 4.98 Å². The molecule has 0 saturated heterocycles. The normalized spacial score (nSPS) is 16.5. The molecule has 2 heterocycles. The maximum atomic E-state index is 13.1. The smallest absolute Gasteiger partial charge is 0.332 e. The topological polar surface area (TPSA) is 102 Å². The lowest BCUT2D eigenvalue weighted by Crippen LogP contribution is -2.45. The number of fused-ring (bicyclic) bond motifs is 1. The van der Waals surface area contributed by atoms with Crippen molar-refractivity contribution in [1.29, 1.82) is 0 Å². The SMILES string of the molecule is Cn1c(=O)n(CC(C)(CO)CO)c(=O)c2c1ncn2CC1CCCCC1. The van der Waals surface area contributed by atoms with Gasteiger partial charge in [-0.1, -0.05) is 26.2 Å². The zero-order valence-electron chi connectivity index (χ0n) is 15.5. The van der Waals surface area contributed by atoms with Crippen LogP contribution in [0.2, 0.25) is 0 Å². The number of aromatic nitrogens is 4. The van der Waals surface area contributed by atoms with Gasteiger partial charge in [0.15, 0.2) is 11.2 Å². The molecule has 0 spiro atoms. The van der Waals surface area contributed by atoms with Crippen molar-refractivity contribution in [3.63, 3.8) is 0 Å². The van der Waals surface area contributed by atoms with Crippen molar-refractivity contribution in [1.82, 2.24) is 18.7 Å². The Kier molecular flexibility index (Phi) is 5.34. The summed E-state index contributed by atoms with van der Waals surface area (Å²) in [6.45, 7) is 1.68. The van der Waals surface area contributed by atoms with Crippen LogP contribution in [-0.2, 0) is 20.1 Å². The van der Waals surface area contributed by atoms with Crippen LogP contribution in [0.5, 0.6) is 0 Å². The third kappa shape index (κ3) is 3.35. The Bertz CT molecular complexity index is 885. The van der Waals surface area contributed by atoms with E-state index in [0.29, 0.717) is 17.1 Å². The fourth-order valence-electron chi connectivity index (χ4n) is 3.78. The van der Waals surface area contributed by atoms with Gasteiger partial charge in [0.2, 0.25) is 0 Å². The van der Waals surface area contributed by atoms with Crippen LogP contribution in [0.3, 0.4) is 0 Å². The Morgan fingerprint density at radius 1 is 1.19 bits per heavy atom. The van der Waals surface area contributed by atoms with E-state index in [1.54, 1.807) is 20.3 Å². The van der Waals surface area contributed by atoms with Crippen molar-refractivity contribution < 1.29 is 10.2 Å². The van der Waals surface area contributed by atoms with E-state index in [1.807, 2.05) is 4.57 Å². The molecule has 8 heteroatoms. The first-order valence-corrected chi connectivity index (χ1v) is 9.26. The van der Waals surface area contributed by atoms with Gasteiger partial charge in [0.25, 0.3) is 5.56 Å². The number of aliphatic hydroxyl groups is 2. The van der Waals surface area contributed by atoms with Crippen LogP contribution < -0.4 is 11.2 Å². The molecule has 1 saturated carbocycles. The average Bonchev–Trinajstić information content (AvgIpc) is 3.08. The molecule has 144 valence electrons. The number of hydrogen-bond acceptors (Lipinski definition) is 5. The fourth-order valence-corrected chi connectivity index (χ4v) is 3.78. The first kappa shape index (κ1) is 18.8. The number of imidazole rings is 1. The van der Waals surface area contributed by atoms with Crippen molar-refractivity contribution in [2.24, 2.45) is 18.4 Å². The number of hydrogen-bond donors (Lipinski definition) is 2. The van der Waals surface area contributed by atoms with Crippen LogP contribution in [-0.4, -0.2) is 42.1 Å². The van der Waals surface area contributed by atoms with E-state index in [0.717, 1.165) is 24.0 Å². The van der Waals surface area contributed by atoms with Gasteiger partial charge in [0.05, 0.1) is 19.5 Å². The second kappa shape index (κ2) is 7.36. The molecule has 0 bridgehead atoms. The summed E-state index contributed by atoms with van der Waals surface area (Å²) in [5, 5.41) is 19.1. The van der Waals surface area contributed by atoms with Gasteiger partial charge in [-0.3, -0.25) is 13.9 Å². The lowest BCUT2D eigenvalue weighted by Gasteiger charge is -2.25. The van der Waals surface area contributed by atoms with Crippen LogP contribution in [0.25, 0.3) is 11.2 Å². The molecule has 0 unspecified atom stereocenters. The highest BCUT2D eigenvalue weighted by molar-refractivity contribution is 5.69. The van der Waals surface area contributed by atoms with Gasteiger partial charge in [0.1, 0.15) is 0 Å². The Hall–Kier alpha value is -1.93. The van der Waals surface area contributed by atoms with Gasteiger partial charge in [-0.25, -0.2) is 9.78 Å². The molecule has 1 aliphatic rings. The van der Waals surface area contributed by atoms with E-state index in [4.69, 9.17) is 0 Å². The molecular formula is C18H28N4O4. The van der Waals surface area contributed by atoms with E-state index >= 15 is 0 Å². The van der Waals surface area contributed by atoms with E-state index < -0.39 is 16.7 Å². The van der Waals surface area contributed by atoms with Crippen LogP contribution in [0, 0.1) is 11.3 Å². The minimum atomic E-state index is -0.947. The molecular weight excluding hydrogens is 336 g/mol. The Balaban J connectivity index is 2.08. The van der Waals surface area contributed by atoms with Crippen molar-refractivity contribution in [3.05, 3.63) is 27.2 Å². The number of aryl methyl sites for hydroxylation is 1. The van der Waals surface area contributed by atoms with E-state index in [-0.39, 0.29) is 19.8 Å². The van der Waals surface area contributed by atoms with Crippen LogP contribution in [0.1, 0.15) is 39.0 Å². The summed E-state index contributed by atoms with van der Waals surface area (Å²) < 4.78 is 4.33. The Labute approximate surface area is 151 Å². The van der Waals surface area contributed by atoms with Gasteiger partial charge < -0.3 is 14.8 Å². The molecule has 1 aliphatic carbocycles. The highest BCUT2D eigenvalue weighted by atomic mass is 16.3. The van der Waals surface area contributed by atoms with Crippen molar-refractivity contribution >= 4 is 11.2 Å². The fraction of sp³-hybridized carbons (Fsp3) is 0.722. The van der Waals surface area contributed by atoms with Gasteiger partial charge in [0, 0.05) is 25.6 Å². The summed E-state index contributed by atoms with van der Waals surface area (Å²) >= 11 is 0. The van der Waals surface area contributed by atoms with Crippen LogP contribution in [0.4, 0.5) is 0 Å². The van der Waals surface area contributed by atoms with Crippen molar-refractivity contribution in [2.75, 3.05) is 13.2 Å². The predicted octanol–water partition coefficient (Wildman–Crippen LogP) is 0.468. The summed E-state index contributed by atoms with van der Waals surface area (Å²) in [5.74, 6) is 0.520. The highest BCUT2D eigenvalue weighted by Gasteiger charge is 2.27. The molecule has 2 aromatic heterocycles. The number of nitrogens with zero attached hydrogens (tertiary/aromatic N) is 4. The average molecular weight is 364 g/mol. The van der Waals surface area contributed by atoms with Crippen molar-refractivity contribution in [3.8, 4) is 0 Å². The molecule has 0 atom stereocenters. The van der Waals surface area contributed by atoms with E-state index in [9.17, 15) is 19.8 Å². The predicted molar refractivity (Wildman–Crippen MR) is 98.1 cm³/mol. The summed E-state index contributed by atoms with van der Waals surface area (Å²) in [5.41, 5.74) is -1.06. The molecule has 0 aliphatic heterocycles. The first-order chi connectivity index (χ1) is 12.4. The molecule has 3 rings (SSSR count). The lowest BCUT2D eigenvalue weighted by molar-refractivity contribution is 0.0533. The molecule has 2 aromatic rings. The van der Waals surface area contributed by atoms with Gasteiger partial charge in [-0.05, 0) is 18.8 Å². The van der Waals surface area contributed by atoms with Gasteiger partial charge in [-0.15, -0.1) is 0 Å². The maximum Gasteiger partial charge on any atom is 0.332 e. The molecule has 2 N–H and O–H groups in total. The second-order valence-corrected chi connectivity index (χ2v) is 7.93. The quantitative estimate of drug-likeness (QED) is 0.776. The zero-order chi connectivity index (χ0) is 18.9. The van der Waals surface area contributed by atoms with Gasteiger partial charge in [-0.2, -0.15) is 0 Å². The standard InChI is InChI=1S/C18H28N4O4/c1-18(10-23,11-24)9-22-16(25)14-15(20(2)17(22)26)19-12-21(14)8-13-6-4-3-5-7-13/h12-13,23-24H,3-11H2,1-2H3. The summed E-state index contributed by atoms with van der Waals surface area (Å²) in [7, 11) is 1.59. The largest absolute Gasteiger partial charge is 0.396 e. The maximum absolute atomic E-state index is 13.1. The molecule has 8 nitrogen and oxygen atoms in total. The molecule has 1 fully saturated rings. The highest BCUT2D eigenvalue weighted by Crippen LogP contribution is 2.25. The Morgan fingerprint density at radius 2 is 1.85 bits per heavy atom. The summed E-state index contributed by atoms with van der Waals surface area (Å²) in [6.07, 6.45) is 7.63. The Morgan fingerprint density at radius 3 is 2.46 bits per heavy atom. The number of rotatable bonds is 6. The lowest BCUT2D eigenvalue weighted by atomic mass is 9.89. The summed E-state index contributed by atoms with van der Waals surface area (Å²) in [4.78, 5) is 30.0. The molecule has 0 radical (unpaired) electrons. The third-order valence-corrected chi connectivity index (χ3v) is 5.58. The van der Waals surface area contributed by atoms with Crippen LogP contribution in [0.15, 0.2) is 15.9 Å². The first-order valence-electron chi connectivity index (χ1n) is 9.26. The van der Waals surface area contributed by atoms with Gasteiger partial charge >= 0.3 is 5.69 Å². The summed E-state index contributed by atoms with van der Waals surface area (Å²) in [6, 6.07) is 0. The van der Waals surface area contributed by atoms with E-state index in [1.165, 1.54) is 23.8 Å². The monoisotopic (exact) mass is 364 g/mol. The van der Waals surface area contributed by atoms with Crippen molar-refractivity contribution in [2.45, 2.75) is 52.1 Å². The minimum Gasteiger partial charge on any atom is -0.396 e. The minimum absolute atomic E-state index is 0.0456. The number of aliphatic hydroxyl groups excluding tert-OH is 2. The molecule has 0 aromatic carbocycles. The zero-order valence-corrected chi connectivity index (χ0v) is 15.5.